The van der Waals surface area contributed by atoms with E-state index in [2.05, 4.69) is 20.7 Å². The summed E-state index contributed by atoms with van der Waals surface area (Å²) >= 11 is 3.43. The lowest BCUT2D eigenvalue weighted by atomic mass is 10.1. The van der Waals surface area contributed by atoms with Gasteiger partial charge in [0.05, 0.1) is 16.3 Å². The van der Waals surface area contributed by atoms with Crippen LogP contribution in [-0.4, -0.2) is 27.0 Å². The smallest absolute Gasteiger partial charge is 0.325 e. The van der Waals surface area contributed by atoms with E-state index < -0.39 is 26.9 Å². The number of carbonyl (C=O) groups excluding carboxylic acids is 1. The van der Waals surface area contributed by atoms with Gasteiger partial charge in [0.2, 0.25) is 10.0 Å². The van der Waals surface area contributed by atoms with Crippen molar-refractivity contribution in [2.24, 2.45) is 0 Å². The summed E-state index contributed by atoms with van der Waals surface area (Å²) in [4.78, 5) is 11.9. The molecule has 0 bridgehead atoms. The highest BCUT2D eigenvalue weighted by Gasteiger charge is 2.33. The molecule has 0 saturated carbocycles. The zero-order chi connectivity index (χ0) is 18.4. The molecule has 0 heterocycles. The van der Waals surface area contributed by atoms with Gasteiger partial charge in [-0.1, -0.05) is 64.0 Å². The van der Waals surface area contributed by atoms with Gasteiger partial charge in [0.25, 0.3) is 0 Å². The highest BCUT2D eigenvalue weighted by atomic mass is 79.9. The Balaban J connectivity index is 2.32. The zero-order valence-corrected chi connectivity index (χ0v) is 16.4. The number of esters is 1. The molecule has 0 saturated heterocycles. The molecule has 25 heavy (non-hydrogen) atoms. The Morgan fingerprint density at radius 1 is 1.12 bits per heavy atom. The molecule has 2 unspecified atom stereocenters. The Labute approximate surface area is 156 Å². The Bertz CT molecular complexity index is 807. The quantitative estimate of drug-likeness (QED) is 0.545. The normalized spacial score (nSPS) is 13.9. The van der Waals surface area contributed by atoms with Crippen LogP contribution < -0.4 is 4.72 Å². The average molecular weight is 426 g/mol. The number of aryl methyl sites for hydroxylation is 1. The van der Waals surface area contributed by atoms with Gasteiger partial charge in [-0.3, -0.25) is 4.79 Å². The second kappa shape index (κ2) is 8.60. The van der Waals surface area contributed by atoms with Gasteiger partial charge >= 0.3 is 5.97 Å². The molecule has 7 heteroatoms. The Kier molecular flexibility index (Phi) is 6.75. The van der Waals surface area contributed by atoms with Crippen LogP contribution in [0.1, 0.15) is 22.9 Å². The first kappa shape index (κ1) is 19.6. The number of benzene rings is 2. The Morgan fingerprint density at radius 3 is 2.28 bits per heavy atom. The summed E-state index contributed by atoms with van der Waals surface area (Å²) < 4.78 is 32.8. The van der Waals surface area contributed by atoms with Crippen molar-refractivity contribution in [3.63, 3.8) is 0 Å². The number of halogens is 1. The van der Waals surface area contributed by atoms with Crippen LogP contribution in [0.4, 0.5) is 0 Å². The second-order valence-corrected chi connectivity index (χ2v) is 8.18. The Morgan fingerprint density at radius 2 is 1.72 bits per heavy atom. The molecule has 0 aliphatic heterocycles. The van der Waals surface area contributed by atoms with Gasteiger partial charge in [-0.15, -0.1) is 0 Å². The van der Waals surface area contributed by atoms with Crippen LogP contribution in [0, 0.1) is 6.92 Å². The van der Waals surface area contributed by atoms with Gasteiger partial charge in [0.1, 0.15) is 6.04 Å². The zero-order valence-electron chi connectivity index (χ0n) is 14.0. The molecule has 2 atom stereocenters. The maximum Gasteiger partial charge on any atom is 0.325 e. The number of rotatable bonds is 7. The number of ether oxygens (including phenoxy) is 1. The highest BCUT2D eigenvalue weighted by Crippen LogP contribution is 2.28. The summed E-state index contributed by atoms with van der Waals surface area (Å²) in [5.41, 5.74) is 1.72. The lowest BCUT2D eigenvalue weighted by molar-refractivity contribution is -0.145. The van der Waals surface area contributed by atoms with E-state index in [0.717, 1.165) is 11.1 Å². The standard InChI is InChI=1S/C18H20BrNO4S/c1-3-24-18(21)17(16(19)14-7-5-4-6-8-14)20-25(22,23)15-11-9-13(2)10-12-15/h4-12,16-17,20H,3H2,1-2H3. The van der Waals surface area contributed by atoms with Crippen LogP contribution in [0.25, 0.3) is 0 Å². The van der Waals surface area contributed by atoms with Crippen molar-refractivity contribution in [3.8, 4) is 0 Å². The molecule has 0 radical (unpaired) electrons. The van der Waals surface area contributed by atoms with E-state index in [4.69, 9.17) is 4.74 Å². The van der Waals surface area contributed by atoms with Crippen LogP contribution in [-0.2, 0) is 19.6 Å². The van der Waals surface area contributed by atoms with Crippen molar-refractivity contribution in [3.05, 3.63) is 65.7 Å². The SMILES string of the molecule is CCOC(=O)C(NS(=O)(=O)c1ccc(C)cc1)C(Br)c1ccccc1. The average Bonchev–Trinajstić information content (AvgIpc) is 2.60. The van der Waals surface area contributed by atoms with Crippen molar-refractivity contribution in [2.45, 2.75) is 29.6 Å². The lowest BCUT2D eigenvalue weighted by Gasteiger charge is -2.22. The van der Waals surface area contributed by atoms with Gasteiger partial charge in [0, 0.05) is 0 Å². The molecule has 134 valence electrons. The summed E-state index contributed by atoms with van der Waals surface area (Å²) in [6.07, 6.45) is 0. The van der Waals surface area contributed by atoms with Crippen LogP contribution in [0.2, 0.25) is 0 Å². The number of alkyl halides is 1. The molecule has 5 nitrogen and oxygen atoms in total. The van der Waals surface area contributed by atoms with Gasteiger partial charge in [-0.05, 0) is 31.5 Å². The van der Waals surface area contributed by atoms with E-state index in [1.807, 2.05) is 37.3 Å². The minimum absolute atomic E-state index is 0.0974. The van der Waals surface area contributed by atoms with Crippen molar-refractivity contribution in [1.29, 1.82) is 0 Å². The first-order chi connectivity index (χ1) is 11.8. The minimum atomic E-state index is -3.87. The molecule has 0 aromatic heterocycles. The van der Waals surface area contributed by atoms with Crippen molar-refractivity contribution in [1.82, 2.24) is 4.72 Å². The van der Waals surface area contributed by atoms with E-state index in [0.29, 0.717) is 0 Å². The monoisotopic (exact) mass is 425 g/mol. The number of nitrogens with one attached hydrogen (secondary N) is 1. The predicted molar refractivity (Wildman–Crippen MR) is 100 cm³/mol. The molecule has 1 N–H and O–H groups in total. The van der Waals surface area contributed by atoms with E-state index in [1.165, 1.54) is 12.1 Å². The first-order valence-corrected chi connectivity index (χ1v) is 10.2. The number of sulfonamides is 1. The van der Waals surface area contributed by atoms with Crippen molar-refractivity contribution in [2.75, 3.05) is 6.61 Å². The van der Waals surface area contributed by atoms with E-state index >= 15 is 0 Å². The van der Waals surface area contributed by atoms with Crippen molar-refractivity contribution >= 4 is 31.9 Å². The van der Waals surface area contributed by atoms with Crippen LogP contribution in [0.15, 0.2) is 59.5 Å². The number of hydrogen-bond donors (Lipinski definition) is 1. The molecule has 0 aliphatic rings. The highest BCUT2D eigenvalue weighted by molar-refractivity contribution is 9.09. The summed E-state index contributed by atoms with van der Waals surface area (Å²) in [6.45, 7) is 3.71. The number of hydrogen-bond acceptors (Lipinski definition) is 4. The number of carbonyl (C=O) groups is 1. The fourth-order valence-electron chi connectivity index (χ4n) is 2.24. The van der Waals surface area contributed by atoms with E-state index in [9.17, 15) is 13.2 Å². The molecule has 0 aliphatic carbocycles. The third-order valence-corrected chi connectivity index (χ3v) is 6.08. The minimum Gasteiger partial charge on any atom is -0.465 e. The molecule has 2 rings (SSSR count). The van der Waals surface area contributed by atoms with Gasteiger partial charge in [0.15, 0.2) is 0 Å². The molecule has 0 fully saturated rings. The molecule has 2 aromatic carbocycles. The fourth-order valence-corrected chi connectivity index (χ4v) is 4.27. The van der Waals surface area contributed by atoms with Gasteiger partial charge < -0.3 is 4.74 Å². The molecular weight excluding hydrogens is 406 g/mol. The maximum atomic E-state index is 12.7. The van der Waals surface area contributed by atoms with Gasteiger partial charge in [-0.25, -0.2) is 8.42 Å². The third-order valence-electron chi connectivity index (χ3n) is 3.56. The largest absolute Gasteiger partial charge is 0.465 e. The first-order valence-electron chi connectivity index (χ1n) is 7.80. The summed E-state index contributed by atoms with van der Waals surface area (Å²) in [6, 6.07) is 14.4. The second-order valence-electron chi connectivity index (χ2n) is 5.48. The lowest BCUT2D eigenvalue weighted by Crippen LogP contribution is -2.44. The fraction of sp³-hybridized carbons (Fsp3) is 0.278. The topological polar surface area (TPSA) is 72.5 Å². The van der Waals surface area contributed by atoms with Crippen LogP contribution in [0.3, 0.4) is 0 Å². The molecule has 0 amide bonds. The maximum absolute atomic E-state index is 12.7. The predicted octanol–water partition coefficient (Wildman–Crippen LogP) is 3.34. The molecular formula is C18H20BrNO4S. The third kappa shape index (κ3) is 5.14. The Hall–Kier alpha value is -1.70. The van der Waals surface area contributed by atoms with E-state index in [1.54, 1.807) is 19.1 Å². The molecule has 0 spiro atoms. The van der Waals surface area contributed by atoms with E-state index in [-0.39, 0.29) is 11.5 Å². The van der Waals surface area contributed by atoms with Crippen LogP contribution in [0.5, 0.6) is 0 Å². The molecule has 2 aromatic rings. The van der Waals surface area contributed by atoms with Crippen LogP contribution >= 0.6 is 15.9 Å². The summed E-state index contributed by atoms with van der Waals surface area (Å²) in [5.74, 6) is -0.635. The van der Waals surface area contributed by atoms with Gasteiger partial charge in [-0.2, -0.15) is 4.72 Å². The van der Waals surface area contributed by atoms with Crippen molar-refractivity contribution < 1.29 is 17.9 Å². The summed E-state index contributed by atoms with van der Waals surface area (Å²) in [5, 5.41) is 0. The summed E-state index contributed by atoms with van der Waals surface area (Å²) in [7, 11) is -3.87.